The molecule has 0 saturated heterocycles. The van der Waals surface area contributed by atoms with Gasteiger partial charge >= 0.3 is 0 Å². The van der Waals surface area contributed by atoms with Crippen LogP contribution in [0.1, 0.15) is 26.3 Å². The van der Waals surface area contributed by atoms with Crippen LogP contribution >= 0.6 is 0 Å². The molecule has 0 fully saturated rings. The molecule has 0 bridgehead atoms. The molecule has 0 atom stereocenters. The minimum Gasteiger partial charge on any atom is -0.206 e. The summed E-state index contributed by atoms with van der Waals surface area (Å²) in [5.74, 6) is 5.64. The smallest absolute Gasteiger partial charge is 0.138 e. The van der Waals surface area contributed by atoms with Crippen LogP contribution in [0, 0.1) is 23.1 Å². The van der Waals surface area contributed by atoms with Crippen molar-refractivity contribution in [3.63, 3.8) is 0 Å². The third-order valence-electron chi connectivity index (χ3n) is 1.98. The second-order valence-electron chi connectivity index (χ2n) is 3.95. The molecule has 0 unspecified atom stereocenters. The van der Waals surface area contributed by atoms with Crippen LogP contribution < -0.4 is 0 Å². The molecular weight excluding hydrogens is 187 g/mol. The summed E-state index contributed by atoms with van der Waals surface area (Å²) in [7, 11) is 0. The predicted octanol–water partition coefficient (Wildman–Crippen LogP) is 3.78. The number of rotatable bonds is 1. The van der Waals surface area contributed by atoms with Crippen LogP contribution in [0.3, 0.4) is 0 Å². The fourth-order valence-electron chi connectivity index (χ4n) is 1.25. The Morgan fingerprint density at radius 3 is 2.53 bits per heavy atom. The van der Waals surface area contributed by atoms with Gasteiger partial charge in [0.15, 0.2) is 0 Å². The maximum Gasteiger partial charge on any atom is 0.138 e. The van der Waals surface area contributed by atoms with Crippen LogP contribution in [-0.2, 0) is 0 Å². The molecule has 78 valence electrons. The van der Waals surface area contributed by atoms with E-state index >= 15 is 0 Å². The molecule has 0 saturated carbocycles. The van der Waals surface area contributed by atoms with E-state index in [1.165, 1.54) is 6.07 Å². The fourth-order valence-corrected chi connectivity index (χ4v) is 1.25. The Kier molecular flexibility index (Phi) is 3.68. The Bertz CT molecular complexity index is 416. The van der Waals surface area contributed by atoms with Crippen molar-refractivity contribution in [3.8, 4) is 11.8 Å². The monoisotopic (exact) mass is 202 g/mol. The Labute approximate surface area is 90.8 Å². The van der Waals surface area contributed by atoms with Gasteiger partial charge in [0.25, 0.3) is 0 Å². The minimum absolute atomic E-state index is 0.211. The van der Waals surface area contributed by atoms with Crippen LogP contribution in [0.4, 0.5) is 4.39 Å². The van der Waals surface area contributed by atoms with Crippen molar-refractivity contribution in [1.82, 2.24) is 0 Å². The molecule has 0 radical (unpaired) electrons. The molecule has 0 N–H and O–H groups in total. The molecule has 0 amide bonds. The van der Waals surface area contributed by atoms with Gasteiger partial charge in [-0.3, -0.25) is 0 Å². The fraction of sp³-hybridized carbons (Fsp3) is 0.286. The van der Waals surface area contributed by atoms with Crippen LogP contribution in [0.2, 0.25) is 0 Å². The summed E-state index contributed by atoms with van der Waals surface area (Å²) in [6, 6.07) is 6.56. The lowest BCUT2D eigenvalue weighted by Crippen LogP contribution is -2.02. The first-order valence-electron chi connectivity index (χ1n) is 4.97. The summed E-state index contributed by atoms with van der Waals surface area (Å²) >= 11 is 0. The van der Waals surface area contributed by atoms with Gasteiger partial charge in [-0.15, -0.1) is 0 Å². The average Bonchev–Trinajstić information content (AvgIpc) is 2.16. The Morgan fingerprint density at radius 1 is 1.27 bits per heavy atom. The summed E-state index contributed by atoms with van der Waals surface area (Å²) < 4.78 is 13.2. The van der Waals surface area contributed by atoms with E-state index in [-0.39, 0.29) is 11.2 Å². The first kappa shape index (κ1) is 11.5. The SMILES string of the molecule is C/C=C\C(C)(C)C#Cc1ccccc1F. The molecule has 1 rings (SSSR count). The molecule has 0 aliphatic carbocycles. The highest BCUT2D eigenvalue weighted by Gasteiger charge is 2.08. The summed E-state index contributed by atoms with van der Waals surface area (Å²) in [5, 5.41) is 0. The van der Waals surface area contributed by atoms with Crippen molar-refractivity contribution in [2.75, 3.05) is 0 Å². The number of hydrogen-bond acceptors (Lipinski definition) is 0. The van der Waals surface area contributed by atoms with Gasteiger partial charge in [0, 0.05) is 5.41 Å². The van der Waals surface area contributed by atoms with Crippen LogP contribution in [0.15, 0.2) is 36.4 Å². The molecule has 15 heavy (non-hydrogen) atoms. The van der Waals surface area contributed by atoms with Gasteiger partial charge < -0.3 is 0 Å². The molecule has 1 aromatic rings. The van der Waals surface area contributed by atoms with E-state index in [9.17, 15) is 4.39 Å². The highest BCUT2D eigenvalue weighted by Crippen LogP contribution is 2.15. The van der Waals surface area contributed by atoms with Gasteiger partial charge in [-0.25, -0.2) is 4.39 Å². The Hall–Kier alpha value is -1.55. The van der Waals surface area contributed by atoms with Gasteiger partial charge in [0.05, 0.1) is 5.56 Å². The Morgan fingerprint density at radius 2 is 1.93 bits per heavy atom. The first-order valence-corrected chi connectivity index (χ1v) is 4.97. The van der Waals surface area contributed by atoms with Gasteiger partial charge in [-0.1, -0.05) is 36.1 Å². The predicted molar refractivity (Wildman–Crippen MR) is 61.9 cm³/mol. The second kappa shape index (κ2) is 4.79. The summed E-state index contributed by atoms with van der Waals surface area (Å²) in [4.78, 5) is 0. The van der Waals surface area contributed by atoms with Gasteiger partial charge in [0.1, 0.15) is 5.82 Å². The molecule has 0 aliphatic heterocycles. The van der Waals surface area contributed by atoms with E-state index in [2.05, 4.69) is 11.8 Å². The van der Waals surface area contributed by atoms with Gasteiger partial charge in [-0.05, 0) is 32.9 Å². The van der Waals surface area contributed by atoms with Crippen LogP contribution in [0.5, 0.6) is 0 Å². The molecular formula is C14H15F. The maximum absolute atomic E-state index is 13.2. The van der Waals surface area contributed by atoms with Crippen molar-refractivity contribution in [1.29, 1.82) is 0 Å². The highest BCUT2D eigenvalue weighted by molar-refractivity contribution is 5.37. The highest BCUT2D eigenvalue weighted by atomic mass is 19.1. The lowest BCUT2D eigenvalue weighted by Gasteiger charge is -2.10. The first-order chi connectivity index (χ1) is 7.05. The number of allylic oxidation sites excluding steroid dienone is 2. The molecule has 0 nitrogen and oxygen atoms in total. The van der Waals surface area contributed by atoms with E-state index in [0.29, 0.717) is 5.56 Å². The topological polar surface area (TPSA) is 0 Å². The van der Waals surface area contributed by atoms with E-state index in [1.54, 1.807) is 18.2 Å². The third-order valence-corrected chi connectivity index (χ3v) is 1.98. The van der Waals surface area contributed by atoms with Crippen LogP contribution in [0.25, 0.3) is 0 Å². The van der Waals surface area contributed by atoms with Gasteiger partial charge in [0.2, 0.25) is 0 Å². The van der Waals surface area contributed by atoms with E-state index in [1.807, 2.05) is 32.9 Å². The number of benzene rings is 1. The summed E-state index contributed by atoms with van der Waals surface area (Å²) in [6.45, 7) is 5.95. The molecule has 0 heterocycles. The molecule has 0 aliphatic rings. The quantitative estimate of drug-likeness (QED) is 0.480. The normalized spacial score (nSPS) is 11.2. The van der Waals surface area contributed by atoms with E-state index < -0.39 is 0 Å². The molecule has 1 heteroatoms. The van der Waals surface area contributed by atoms with Crippen molar-refractivity contribution >= 4 is 0 Å². The van der Waals surface area contributed by atoms with Crippen molar-refractivity contribution < 1.29 is 4.39 Å². The van der Waals surface area contributed by atoms with E-state index in [4.69, 9.17) is 0 Å². The Balaban J connectivity index is 2.96. The zero-order valence-corrected chi connectivity index (χ0v) is 9.34. The summed E-state index contributed by atoms with van der Waals surface area (Å²) in [5.41, 5.74) is 0.242. The lowest BCUT2D eigenvalue weighted by atomic mass is 9.93. The van der Waals surface area contributed by atoms with Crippen LogP contribution in [-0.4, -0.2) is 0 Å². The summed E-state index contributed by atoms with van der Waals surface area (Å²) in [6.07, 6.45) is 3.96. The second-order valence-corrected chi connectivity index (χ2v) is 3.95. The maximum atomic E-state index is 13.2. The molecule has 1 aromatic carbocycles. The lowest BCUT2D eigenvalue weighted by molar-refractivity contribution is 0.623. The zero-order chi connectivity index (χ0) is 11.3. The van der Waals surface area contributed by atoms with Crippen molar-refractivity contribution in [2.24, 2.45) is 5.41 Å². The molecule has 0 spiro atoms. The zero-order valence-electron chi connectivity index (χ0n) is 9.34. The van der Waals surface area contributed by atoms with Gasteiger partial charge in [-0.2, -0.15) is 0 Å². The standard InChI is InChI=1S/C14H15F/c1-4-10-14(2,3)11-9-12-7-5-6-8-13(12)15/h4-8,10H,1-3H3/b10-4-. The number of hydrogen-bond donors (Lipinski definition) is 0. The average molecular weight is 202 g/mol. The number of halogens is 1. The minimum atomic E-state index is -0.263. The van der Waals surface area contributed by atoms with E-state index in [0.717, 1.165) is 0 Å². The van der Waals surface area contributed by atoms with Crippen molar-refractivity contribution in [2.45, 2.75) is 20.8 Å². The molecule has 0 aromatic heterocycles. The third kappa shape index (κ3) is 3.59. The van der Waals surface area contributed by atoms with Crippen molar-refractivity contribution in [3.05, 3.63) is 47.8 Å². The largest absolute Gasteiger partial charge is 0.206 e.